The first-order valence-corrected chi connectivity index (χ1v) is 5.12. The minimum atomic E-state index is 0.772. The average Bonchev–Trinajstić information content (AvgIpc) is 2.18. The Balaban J connectivity index is 2.74. The Morgan fingerprint density at radius 3 is 2.77 bits per heavy atom. The summed E-state index contributed by atoms with van der Waals surface area (Å²) in [5, 5.41) is 8.44. The highest BCUT2D eigenvalue weighted by molar-refractivity contribution is 7.97. The summed E-state index contributed by atoms with van der Waals surface area (Å²) in [7, 11) is 0. The molecule has 2 aromatic carbocycles. The van der Waals surface area contributed by atoms with E-state index in [1.165, 1.54) is 11.9 Å². The van der Waals surface area contributed by atoms with Crippen LogP contribution in [0.25, 0.3) is 10.8 Å². The normalized spacial score (nSPS) is 10.6. The molecule has 13 heavy (non-hydrogen) atoms. The predicted molar refractivity (Wildman–Crippen MR) is 59.0 cm³/mol. The number of rotatable bonds is 1. The van der Waals surface area contributed by atoms with Crippen LogP contribution < -0.4 is 5.14 Å². The number of benzene rings is 2. The third kappa shape index (κ3) is 1.66. The van der Waals surface area contributed by atoms with Gasteiger partial charge in [-0.15, -0.1) is 0 Å². The van der Waals surface area contributed by atoms with Crippen molar-refractivity contribution in [1.82, 2.24) is 0 Å². The lowest BCUT2D eigenvalue weighted by molar-refractivity contribution is 1.50. The van der Waals surface area contributed by atoms with E-state index in [9.17, 15) is 0 Å². The third-order valence-electron chi connectivity index (χ3n) is 1.94. The number of hydrogen-bond acceptors (Lipinski definition) is 2. The van der Waals surface area contributed by atoms with E-state index in [2.05, 4.69) is 0 Å². The zero-order valence-corrected chi connectivity index (χ0v) is 8.40. The van der Waals surface area contributed by atoms with E-state index in [1.807, 2.05) is 36.4 Å². The summed E-state index contributed by atoms with van der Waals surface area (Å²) in [5.41, 5.74) is 0. The van der Waals surface area contributed by atoms with E-state index in [1.54, 1.807) is 0 Å². The van der Waals surface area contributed by atoms with Gasteiger partial charge in [0.15, 0.2) is 0 Å². The Labute approximate surface area is 86.0 Å². The molecule has 0 aliphatic heterocycles. The molecule has 0 unspecified atom stereocenters. The molecule has 2 rings (SSSR count). The van der Waals surface area contributed by atoms with E-state index >= 15 is 0 Å². The third-order valence-corrected chi connectivity index (χ3v) is 2.79. The van der Waals surface area contributed by atoms with Gasteiger partial charge in [0.2, 0.25) is 0 Å². The average molecular weight is 210 g/mol. The topological polar surface area (TPSA) is 26.0 Å². The molecule has 2 N–H and O–H groups in total. The van der Waals surface area contributed by atoms with Crippen molar-refractivity contribution in [3.05, 3.63) is 41.4 Å². The Bertz CT molecular complexity index is 442. The molecule has 0 aliphatic carbocycles. The maximum absolute atomic E-state index is 6.04. The summed E-state index contributed by atoms with van der Waals surface area (Å²) in [6, 6.07) is 11.9. The molecular formula is C10H8ClNS. The summed E-state index contributed by atoms with van der Waals surface area (Å²) < 4.78 is 0. The van der Waals surface area contributed by atoms with Crippen LogP contribution in [0.5, 0.6) is 0 Å². The molecular weight excluding hydrogens is 202 g/mol. The van der Waals surface area contributed by atoms with Crippen molar-refractivity contribution in [3.8, 4) is 0 Å². The molecule has 0 spiro atoms. The van der Waals surface area contributed by atoms with Crippen molar-refractivity contribution >= 4 is 34.3 Å². The first kappa shape index (κ1) is 8.88. The molecule has 0 aliphatic rings. The maximum Gasteiger partial charge on any atom is 0.0484 e. The molecule has 3 heteroatoms. The lowest BCUT2D eigenvalue weighted by atomic mass is 10.1. The Kier molecular flexibility index (Phi) is 2.44. The quantitative estimate of drug-likeness (QED) is 0.728. The molecule has 0 aromatic heterocycles. The van der Waals surface area contributed by atoms with E-state index in [4.69, 9.17) is 16.7 Å². The number of halogens is 1. The van der Waals surface area contributed by atoms with Crippen LogP contribution in [0.1, 0.15) is 0 Å². The number of nitrogens with two attached hydrogens (primary N) is 1. The highest BCUT2D eigenvalue weighted by Gasteiger charge is 1.98. The number of fused-ring (bicyclic) bond motifs is 1. The molecule has 0 saturated heterocycles. The standard InChI is InChI=1S/C10H8ClNS/c11-10-3-1-2-7-4-5-8(13-12)6-9(7)10/h1-6H,12H2. The fraction of sp³-hybridized carbons (Fsp3) is 0. The molecule has 0 radical (unpaired) electrons. The largest absolute Gasteiger partial charge is 0.274 e. The van der Waals surface area contributed by atoms with Crippen molar-refractivity contribution in [2.75, 3.05) is 0 Å². The molecule has 1 nitrogen and oxygen atoms in total. The van der Waals surface area contributed by atoms with Gasteiger partial charge in [0, 0.05) is 15.3 Å². The molecule has 0 bridgehead atoms. The second-order valence-electron chi connectivity index (χ2n) is 2.74. The lowest BCUT2D eigenvalue weighted by Crippen LogP contribution is -1.80. The van der Waals surface area contributed by atoms with Crippen LogP contribution in [0.15, 0.2) is 41.3 Å². The molecule has 0 atom stereocenters. The smallest absolute Gasteiger partial charge is 0.0484 e. The monoisotopic (exact) mass is 209 g/mol. The van der Waals surface area contributed by atoms with Crippen molar-refractivity contribution in [2.45, 2.75) is 4.90 Å². The second-order valence-corrected chi connectivity index (χ2v) is 3.85. The summed E-state index contributed by atoms with van der Waals surface area (Å²) in [4.78, 5) is 1.03. The lowest BCUT2D eigenvalue weighted by Gasteiger charge is -2.01. The first-order chi connectivity index (χ1) is 6.31. The fourth-order valence-electron chi connectivity index (χ4n) is 1.29. The SMILES string of the molecule is NSc1ccc2cccc(Cl)c2c1. The van der Waals surface area contributed by atoms with E-state index in [-0.39, 0.29) is 0 Å². The van der Waals surface area contributed by atoms with Gasteiger partial charge >= 0.3 is 0 Å². The van der Waals surface area contributed by atoms with Gasteiger partial charge < -0.3 is 0 Å². The van der Waals surface area contributed by atoms with Gasteiger partial charge in [-0.3, -0.25) is 5.14 Å². The van der Waals surface area contributed by atoms with Crippen LogP contribution in [0.4, 0.5) is 0 Å². The van der Waals surface area contributed by atoms with Crippen LogP contribution >= 0.6 is 23.5 Å². The van der Waals surface area contributed by atoms with Crippen LogP contribution in [0.2, 0.25) is 5.02 Å². The molecule has 0 heterocycles. The minimum Gasteiger partial charge on any atom is -0.274 e. The second kappa shape index (κ2) is 3.58. The summed E-state index contributed by atoms with van der Waals surface area (Å²) in [6.45, 7) is 0. The minimum absolute atomic E-state index is 0.772. The van der Waals surface area contributed by atoms with Crippen molar-refractivity contribution in [1.29, 1.82) is 0 Å². The van der Waals surface area contributed by atoms with Crippen molar-refractivity contribution in [2.24, 2.45) is 5.14 Å². The van der Waals surface area contributed by atoms with Gasteiger partial charge in [-0.1, -0.05) is 29.8 Å². The van der Waals surface area contributed by atoms with Gasteiger partial charge in [-0.05, 0) is 35.5 Å². The van der Waals surface area contributed by atoms with Crippen LogP contribution in [0.3, 0.4) is 0 Å². The van der Waals surface area contributed by atoms with Gasteiger partial charge in [0.1, 0.15) is 0 Å². The molecule has 2 aromatic rings. The maximum atomic E-state index is 6.04. The fourth-order valence-corrected chi connectivity index (χ4v) is 1.86. The zero-order valence-electron chi connectivity index (χ0n) is 6.83. The Hall–Kier alpha value is -0.700. The molecule has 0 fully saturated rings. The first-order valence-electron chi connectivity index (χ1n) is 3.86. The summed E-state index contributed by atoms with van der Waals surface area (Å²) in [6.07, 6.45) is 0. The Morgan fingerprint density at radius 1 is 1.15 bits per heavy atom. The summed E-state index contributed by atoms with van der Waals surface area (Å²) >= 11 is 7.27. The van der Waals surface area contributed by atoms with Crippen molar-refractivity contribution in [3.63, 3.8) is 0 Å². The van der Waals surface area contributed by atoms with Gasteiger partial charge in [-0.2, -0.15) is 0 Å². The van der Waals surface area contributed by atoms with E-state index in [0.717, 1.165) is 20.7 Å². The van der Waals surface area contributed by atoms with Crippen molar-refractivity contribution < 1.29 is 0 Å². The zero-order chi connectivity index (χ0) is 9.26. The molecule has 0 saturated carbocycles. The molecule has 0 amide bonds. The van der Waals surface area contributed by atoms with Gasteiger partial charge in [-0.25, -0.2) is 0 Å². The highest BCUT2D eigenvalue weighted by Crippen LogP contribution is 2.26. The van der Waals surface area contributed by atoms with Gasteiger partial charge in [0.05, 0.1) is 0 Å². The highest BCUT2D eigenvalue weighted by atomic mass is 35.5. The van der Waals surface area contributed by atoms with E-state index in [0.29, 0.717) is 0 Å². The molecule has 66 valence electrons. The van der Waals surface area contributed by atoms with Crippen LogP contribution in [-0.4, -0.2) is 0 Å². The van der Waals surface area contributed by atoms with Crippen LogP contribution in [-0.2, 0) is 0 Å². The van der Waals surface area contributed by atoms with Crippen LogP contribution in [0, 0.1) is 0 Å². The van der Waals surface area contributed by atoms with E-state index < -0.39 is 0 Å². The number of hydrogen-bond donors (Lipinski definition) is 1. The Morgan fingerprint density at radius 2 is 2.00 bits per heavy atom. The summed E-state index contributed by atoms with van der Waals surface area (Å²) in [5.74, 6) is 0. The predicted octanol–water partition coefficient (Wildman–Crippen LogP) is 3.46. The van der Waals surface area contributed by atoms with Gasteiger partial charge in [0.25, 0.3) is 0 Å².